The van der Waals surface area contributed by atoms with Gasteiger partial charge in [-0.3, -0.25) is 9.59 Å². The van der Waals surface area contributed by atoms with E-state index in [-0.39, 0.29) is 24.0 Å². The van der Waals surface area contributed by atoms with Crippen LogP contribution in [0.5, 0.6) is 5.75 Å². The van der Waals surface area contributed by atoms with Gasteiger partial charge in [-0.05, 0) is 87.4 Å². The molecule has 0 radical (unpaired) electrons. The maximum atomic E-state index is 13.5. The summed E-state index contributed by atoms with van der Waals surface area (Å²) in [5.74, 6) is 1.07. The largest absolute Gasteiger partial charge is 0.484 e. The van der Waals surface area contributed by atoms with Crippen LogP contribution in [0.2, 0.25) is 0 Å². The number of ether oxygens (including phenoxy) is 1. The molecular weight excluding hydrogens is 606 g/mol. The molecule has 3 aromatic carbocycles. The highest BCUT2D eigenvalue weighted by atomic mass is 79.9. The summed E-state index contributed by atoms with van der Waals surface area (Å²) >= 11 is 3.46. The van der Waals surface area contributed by atoms with Gasteiger partial charge in [-0.25, -0.2) is 4.98 Å². The molecule has 9 heteroatoms. The fraction of sp³-hybridized carbons (Fsp3) is 0.235. The summed E-state index contributed by atoms with van der Waals surface area (Å²) in [7, 11) is 0. The molecule has 5 aromatic rings. The maximum Gasteiger partial charge on any atom is 0.282 e. The van der Waals surface area contributed by atoms with Crippen LogP contribution in [0.1, 0.15) is 54.5 Å². The average Bonchev–Trinajstić information content (AvgIpc) is 3.29. The Hall–Kier alpha value is -4.50. The lowest BCUT2D eigenvalue weighted by Crippen LogP contribution is -2.23. The van der Waals surface area contributed by atoms with Crippen molar-refractivity contribution in [1.29, 1.82) is 0 Å². The van der Waals surface area contributed by atoms with Crippen molar-refractivity contribution in [2.75, 3.05) is 11.9 Å². The molecule has 0 aliphatic carbocycles. The van der Waals surface area contributed by atoms with Crippen LogP contribution < -0.4 is 15.6 Å². The molecule has 0 saturated heterocycles. The molecule has 0 unspecified atom stereocenters. The van der Waals surface area contributed by atoms with E-state index in [1.807, 2.05) is 94.4 Å². The minimum Gasteiger partial charge on any atom is -0.484 e. The number of fused-ring (bicyclic) bond motifs is 1. The molecule has 1 N–H and O–H groups in total. The lowest BCUT2D eigenvalue weighted by molar-refractivity contribution is -0.118. The number of amides is 1. The second-order valence-electron chi connectivity index (χ2n) is 10.6. The summed E-state index contributed by atoms with van der Waals surface area (Å²) in [6, 6.07) is 22.8. The van der Waals surface area contributed by atoms with E-state index in [1.165, 1.54) is 4.68 Å². The number of para-hydroxylation sites is 1. The number of aromatic nitrogens is 3. The van der Waals surface area contributed by atoms with Crippen molar-refractivity contribution in [1.82, 2.24) is 14.2 Å². The van der Waals surface area contributed by atoms with Crippen LogP contribution in [0.4, 0.5) is 5.69 Å². The third kappa shape index (κ3) is 6.46. The number of hydrogen-bond donors (Lipinski definition) is 1. The van der Waals surface area contributed by atoms with E-state index in [4.69, 9.17) is 9.72 Å². The van der Waals surface area contributed by atoms with Gasteiger partial charge >= 0.3 is 0 Å². The Kier molecular flexibility index (Phi) is 8.92. The Morgan fingerprint density at radius 2 is 1.81 bits per heavy atom. The number of carbonyl (C=O) groups excluding carboxylic acids is 1. The Labute approximate surface area is 259 Å². The molecule has 1 atom stereocenters. The number of rotatable bonds is 9. The Bertz CT molecular complexity index is 1890. The topological polar surface area (TPSA) is 90.5 Å². The van der Waals surface area contributed by atoms with Gasteiger partial charge in [-0.2, -0.15) is 9.78 Å². The van der Waals surface area contributed by atoms with Crippen molar-refractivity contribution in [3.05, 3.63) is 116 Å². The Morgan fingerprint density at radius 1 is 1.07 bits per heavy atom. The first-order valence-corrected chi connectivity index (χ1v) is 15.0. The van der Waals surface area contributed by atoms with Gasteiger partial charge in [0.15, 0.2) is 6.61 Å². The number of benzene rings is 3. The van der Waals surface area contributed by atoms with Gasteiger partial charge < -0.3 is 14.6 Å². The van der Waals surface area contributed by atoms with Crippen molar-refractivity contribution in [2.24, 2.45) is 5.10 Å². The van der Waals surface area contributed by atoms with Gasteiger partial charge in [0, 0.05) is 38.7 Å². The molecular formula is C34H34BrN5O3. The third-order valence-electron chi connectivity index (χ3n) is 7.55. The zero-order chi connectivity index (χ0) is 30.7. The minimum absolute atomic E-state index is 0.0552. The van der Waals surface area contributed by atoms with E-state index in [0.717, 1.165) is 44.8 Å². The molecule has 0 aliphatic rings. The van der Waals surface area contributed by atoms with Crippen molar-refractivity contribution < 1.29 is 9.53 Å². The predicted molar refractivity (Wildman–Crippen MR) is 176 cm³/mol. The highest BCUT2D eigenvalue weighted by Crippen LogP contribution is 2.24. The minimum atomic E-state index is -0.218. The molecule has 0 fully saturated rings. The standard InChI is InChI=1S/C34H34BrN5O3/c1-6-21(2)33-38-31-16-11-26(35)18-29(31)34(42)40(33)36-19-25-17-23(4)39(24(25)5)27-12-14-28(15-13-27)43-20-32(41)37-30-10-8-7-9-22(30)3/h7-19,21H,6,20H2,1-5H3,(H,37,41)/t21-/m1/s1. The summed E-state index contributed by atoms with van der Waals surface area (Å²) in [5.41, 5.74) is 6.05. The highest BCUT2D eigenvalue weighted by molar-refractivity contribution is 9.10. The van der Waals surface area contributed by atoms with E-state index >= 15 is 0 Å². The third-order valence-corrected chi connectivity index (χ3v) is 8.05. The number of hydrogen-bond acceptors (Lipinski definition) is 5. The van der Waals surface area contributed by atoms with Crippen LogP contribution in [0.25, 0.3) is 16.6 Å². The van der Waals surface area contributed by atoms with Crippen molar-refractivity contribution in [3.8, 4) is 11.4 Å². The van der Waals surface area contributed by atoms with Gasteiger partial charge in [0.25, 0.3) is 11.5 Å². The number of halogens is 1. The number of anilines is 1. The number of nitrogens with one attached hydrogen (secondary N) is 1. The molecule has 0 bridgehead atoms. The predicted octanol–water partition coefficient (Wildman–Crippen LogP) is 7.29. The lowest BCUT2D eigenvalue weighted by Gasteiger charge is -2.14. The van der Waals surface area contributed by atoms with Crippen molar-refractivity contribution >= 4 is 44.6 Å². The van der Waals surface area contributed by atoms with E-state index in [9.17, 15) is 9.59 Å². The Balaban J connectivity index is 1.36. The number of nitrogens with zero attached hydrogens (tertiary/aromatic N) is 4. The normalized spacial score (nSPS) is 12.1. The number of aryl methyl sites for hydroxylation is 2. The second kappa shape index (κ2) is 12.8. The molecule has 0 aliphatic heterocycles. The van der Waals surface area contributed by atoms with E-state index in [1.54, 1.807) is 12.3 Å². The van der Waals surface area contributed by atoms with Gasteiger partial charge in [-0.15, -0.1) is 0 Å². The van der Waals surface area contributed by atoms with Crippen LogP contribution in [0.15, 0.2) is 87.2 Å². The maximum absolute atomic E-state index is 13.5. The van der Waals surface area contributed by atoms with E-state index < -0.39 is 0 Å². The second-order valence-corrected chi connectivity index (χ2v) is 11.5. The zero-order valence-electron chi connectivity index (χ0n) is 24.9. The quantitative estimate of drug-likeness (QED) is 0.172. The number of carbonyl (C=O) groups is 1. The highest BCUT2D eigenvalue weighted by Gasteiger charge is 2.16. The summed E-state index contributed by atoms with van der Waals surface area (Å²) in [4.78, 5) is 30.7. The summed E-state index contributed by atoms with van der Waals surface area (Å²) < 4.78 is 10.1. The molecule has 1 amide bonds. The molecule has 0 spiro atoms. The summed E-state index contributed by atoms with van der Waals surface area (Å²) in [6.07, 6.45) is 2.55. The zero-order valence-corrected chi connectivity index (χ0v) is 26.5. The summed E-state index contributed by atoms with van der Waals surface area (Å²) in [6.45, 7) is 10.0. The molecule has 2 aromatic heterocycles. The van der Waals surface area contributed by atoms with Gasteiger partial charge in [0.1, 0.15) is 11.6 Å². The molecule has 43 heavy (non-hydrogen) atoms. The van der Waals surface area contributed by atoms with Gasteiger partial charge in [-0.1, -0.05) is 48.0 Å². The van der Waals surface area contributed by atoms with Crippen LogP contribution in [-0.2, 0) is 4.79 Å². The van der Waals surface area contributed by atoms with Crippen molar-refractivity contribution in [3.63, 3.8) is 0 Å². The van der Waals surface area contributed by atoms with Gasteiger partial charge in [0.05, 0.1) is 17.1 Å². The van der Waals surface area contributed by atoms with Crippen molar-refractivity contribution in [2.45, 2.75) is 47.0 Å². The van der Waals surface area contributed by atoms with Gasteiger partial charge in [0.2, 0.25) is 0 Å². The van der Waals surface area contributed by atoms with Crippen LogP contribution in [0, 0.1) is 20.8 Å². The lowest BCUT2D eigenvalue weighted by atomic mass is 10.1. The summed E-state index contributed by atoms with van der Waals surface area (Å²) in [5, 5.41) is 8.05. The van der Waals surface area contributed by atoms with Crippen LogP contribution in [-0.4, -0.2) is 33.0 Å². The first kappa shape index (κ1) is 30.0. The smallest absolute Gasteiger partial charge is 0.282 e. The van der Waals surface area contributed by atoms with E-state index in [0.29, 0.717) is 22.5 Å². The first-order valence-electron chi connectivity index (χ1n) is 14.2. The van der Waals surface area contributed by atoms with Crippen LogP contribution >= 0.6 is 15.9 Å². The SMILES string of the molecule is CC[C@@H](C)c1nc2ccc(Br)cc2c(=O)n1N=Cc1cc(C)n(-c2ccc(OCC(=O)Nc3ccccc3C)cc2)c1C. The average molecular weight is 641 g/mol. The molecule has 5 rings (SSSR count). The molecule has 0 saturated carbocycles. The fourth-order valence-electron chi connectivity index (χ4n) is 4.95. The molecule has 220 valence electrons. The van der Waals surface area contributed by atoms with Crippen LogP contribution in [0.3, 0.4) is 0 Å². The fourth-order valence-corrected chi connectivity index (χ4v) is 5.32. The Morgan fingerprint density at radius 3 is 2.53 bits per heavy atom. The van der Waals surface area contributed by atoms with E-state index in [2.05, 4.69) is 37.8 Å². The molecule has 2 heterocycles. The molecule has 8 nitrogen and oxygen atoms in total. The monoisotopic (exact) mass is 639 g/mol. The first-order chi connectivity index (χ1) is 20.7.